The first-order valence-electron chi connectivity index (χ1n) is 8.69. The van der Waals surface area contributed by atoms with Crippen LogP contribution in [0, 0.1) is 0 Å². The predicted molar refractivity (Wildman–Crippen MR) is 104 cm³/mol. The monoisotopic (exact) mass is 361 g/mol. The van der Waals surface area contributed by atoms with E-state index in [4.69, 9.17) is 0 Å². The van der Waals surface area contributed by atoms with E-state index in [1.54, 1.807) is 30.7 Å². The van der Waals surface area contributed by atoms with Gasteiger partial charge >= 0.3 is 0 Å². The topological polar surface area (TPSA) is 88.1 Å². The second-order valence-electron chi connectivity index (χ2n) is 6.50. The fourth-order valence-electron chi connectivity index (χ4n) is 3.13. The normalized spacial score (nSPS) is 15.9. The highest BCUT2D eigenvalue weighted by molar-refractivity contribution is 6.11. The second-order valence-corrected chi connectivity index (χ2v) is 6.50. The number of fused-ring (bicyclic) bond motifs is 1. The van der Waals surface area contributed by atoms with Crippen LogP contribution in [0.25, 0.3) is 5.69 Å². The number of carbonyl (C=O) groups excluding carboxylic acids is 2. The number of anilines is 3. The summed E-state index contributed by atoms with van der Waals surface area (Å²) in [6.07, 6.45) is 5.59. The summed E-state index contributed by atoms with van der Waals surface area (Å²) < 4.78 is 1.86. The smallest absolute Gasteiger partial charge is 0.257 e. The van der Waals surface area contributed by atoms with Gasteiger partial charge in [0, 0.05) is 36.2 Å². The number of amides is 2. The van der Waals surface area contributed by atoms with Gasteiger partial charge in [0.25, 0.3) is 5.91 Å². The Bertz CT molecular complexity index is 997. The number of imidazole rings is 1. The minimum atomic E-state index is -0.245. The van der Waals surface area contributed by atoms with E-state index in [0.717, 1.165) is 5.69 Å². The summed E-state index contributed by atoms with van der Waals surface area (Å²) in [5.74, 6) is -0.315. The van der Waals surface area contributed by atoms with Crippen molar-refractivity contribution in [3.05, 3.63) is 66.7 Å². The first kappa shape index (κ1) is 16.8. The zero-order valence-electron chi connectivity index (χ0n) is 14.8. The summed E-state index contributed by atoms with van der Waals surface area (Å²) in [4.78, 5) is 28.9. The summed E-state index contributed by atoms with van der Waals surface area (Å²) in [7, 11) is 0. The third-order valence-corrected chi connectivity index (χ3v) is 4.37. The van der Waals surface area contributed by atoms with Crippen molar-refractivity contribution in [2.75, 3.05) is 16.0 Å². The maximum atomic E-state index is 12.9. The number of hydrogen-bond donors (Lipinski definition) is 3. The summed E-state index contributed by atoms with van der Waals surface area (Å²) in [6.45, 7) is 1.91. The Morgan fingerprint density at radius 3 is 2.93 bits per heavy atom. The third-order valence-electron chi connectivity index (χ3n) is 4.37. The maximum Gasteiger partial charge on any atom is 0.257 e. The van der Waals surface area contributed by atoms with Gasteiger partial charge in [0.05, 0.1) is 23.3 Å². The molecular formula is C20H19N5O2. The van der Waals surface area contributed by atoms with E-state index in [0.29, 0.717) is 29.0 Å². The predicted octanol–water partition coefficient (Wildman–Crippen LogP) is 3.27. The summed E-state index contributed by atoms with van der Waals surface area (Å²) in [5, 5.41) is 9.04. The average molecular weight is 361 g/mol. The summed E-state index contributed by atoms with van der Waals surface area (Å²) in [6, 6.07) is 12.7. The third kappa shape index (κ3) is 3.52. The Kier molecular flexibility index (Phi) is 4.33. The van der Waals surface area contributed by atoms with E-state index in [2.05, 4.69) is 20.9 Å². The molecule has 136 valence electrons. The number of rotatable bonds is 3. The number of aromatic nitrogens is 2. The molecule has 1 unspecified atom stereocenters. The van der Waals surface area contributed by atoms with Crippen molar-refractivity contribution in [1.29, 1.82) is 0 Å². The Hall–Kier alpha value is -3.61. The lowest BCUT2D eigenvalue weighted by atomic mass is 10.1. The standard InChI is InChI=1S/C20H19N5O2/c1-13-10-18(26)24-17-7-3-6-16(19(17)22-13)20(27)23-14-4-2-5-15(11-14)25-9-8-21-12-25/h2-9,11-13,22H,10H2,1H3,(H,23,27)(H,24,26). The highest BCUT2D eigenvalue weighted by atomic mass is 16.2. The van der Waals surface area contributed by atoms with Crippen molar-refractivity contribution in [1.82, 2.24) is 9.55 Å². The van der Waals surface area contributed by atoms with E-state index in [9.17, 15) is 9.59 Å². The van der Waals surface area contributed by atoms with Crippen LogP contribution in [0.3, 0.4) is 0 Å². The minimum absolute atomic E-state index is 0.0650. The van der Waals surface area contributed by atoms with Crippen molar-refractivity contribution in [3.8, 4) is 5.69 Å². The number of benzene rings is 2. The minimum Gasteiger partial charge on any atom is -0.380 e. The molecule has 4 rings (SSSR count). The molecule has 0 saturated heterocycles. The number of nitrogens with zero attached hydrogens (tertiary/aromatic N) is 2. The number of nitrogens with one attached hydrogen (secondary N) is 3. The van der Waals surface area contributed by atoms with Crippen molar-refractivity contribution in [2.24, 2.45) is 0 Å². The molecule has 27 heavy (non-hydrogen) atoms. The van der Waals surface area contributed by atoms with Crippen molar-refractivity contribution >= 4 is 28.9 Å². The van der Waals surface area contributed by atoms with Crippen LogP contribution >= 0.6 is 0 Å². The highest BCUT2D eigenvalue weighted by Crippen LogP contribution is 2.30. The van der Waals surface area contributed by atoms with Gasteiger partial charge in [-0.3, -0.25) is 9.59 Å². The molecule has 0 spiro atoms. The van der Waals surface area contributed by atoms with Crippen LogP contribution in [0.5, 0.6) is 0 Å². The lowest BCUT2D eigenvalue weighted by molar-refractivity contribution is -0.116. The zero-order chi connectivity index (χ0) is 18.8. The molecule has 0 radical (unpaired) electrons. The van der Waals surface area contributed by atoms with E-state index < -0.39 is 0 Å². The van der Waals surface area contributed by atoms with Crippen LogP contribution in [-0.2, 0) is 4.79 Å². The fraction of sp³-hybridized carbons (Fsp3) is 0.150. The first-order chi connectivity index (χ1) is 13.1. The summed E-state index contributed by atoms with van der Waals surface area (Å²) >= 11 is 0. The molecule has 7 heteroatoms. The Balaban J connectivity index is 1.62. The van der Waals surface area contributed by atoms with Gasteiger partial charge in [0.15, 0.2) is 0 Å². The largest absolute Gasteiger partial charge is 0.380 e. The van der Waals surface area contributed by atoms with Gasteiger partial charge in [-0.15, -0.1) is 0 Å². The van der Waals surface area contributed by atoms with Gasteiger partial charge in [-0.2, -0.15) is 0 Å². The zero-order valence-corrected chi connectivity index (χ0v) is 14.8. The molecule has 3 N–H and O–H groups in total. The lowest BCUT2D eigenvalue weighted by Crippen LogP contribution is -2.20. The van der Waals surface area contributed by atoms with Crippen LogP contribution in [-0.4, -0.2) is 27.4 Å². The van der Waals surface area contributed by atoms with Crippen molar-refractivity contribution in [2.45, 2.75) is 19.4 Å². The van der Waals surface area contributed by atoms with Crippen LogP contribution in [0.4, 0.5) is 17.1 Å². The van der Waals surface area contributed by atoms with E-state index in [1.165, 1.54) is 0 Å². The molecule has 1 aliphatic rings. The first-order valence-corrected chi connectivity index (χ1v) is 8.69. The molecule has 2 heterocycles. The molecule has 2 aromatic carbocycles. The van der Waals surface area contributed by atoms with Gasteiger partial charge in [0.2, 0.25) is 5.91 Å². The molecule has 3 aromatic rings. The number of para-hydroxylation sites is 1. The fourth-order valence-corrected chi connectivity index (χ4v) is 3.13. The molecule has 1 aromatic heterocycles. The lowest BCUT2D eigenvalue weighted by Gasteiger charge is -2.16. The second kappa shape index (κ2) is 6.95. The molecular weight excluding hydrogens is 342 g/mol. The van der Waals surface area contributed by atoms with E-state index in [1.807, 2.05) is 42.0 Å². The van der Waals surface area contributed by atoms with Crippen molar-refractivity contribution in [3.63, 3.8) is 0 Å². The average Bonchev–Trinajstić information content (AvgIpc) is 3.13. The maximum absolute atomic E-state index is 12.9. The molecule has 0 bridgehead atoms. The van der Waals surface area contributed by atoms with Gasteiger partial charge in [-0.05, 0) is 37.3 Å². The van der Waals surface area contributed by atoms with E-state index >= 15 is 0 Å². The Morgan fingerprint density at radius 2 is 2.11 bits per heavy atom. The summed E-state index contributed by atoms with van der Waals surface area (Å²) in [5.41, 5.74) is 3.31. The van der Waals surface area contributed by atoms with Crippen LogP contribution in [0.2, 0.25) is 0 Å². The van der Waals surface area contributed by atoms with Crippen molar-refractivity contribution < 1.29 is 9.59 Å². The highest BCUT2D eigenvalue weighted by Gasteiger charge is 2.22. The van der Waals surface area contributed by atoms with Crippen LogP contribution in [0.1, 0.15) is 23.7 Å². The molecule has 0 fully saturated rings. The number of carbonyl (C=O) groups is 2. The Labute approximate surface area is 156 Å². The molecule has 0 aliphatic carbocycles. The van der Waals surface area contributed by atoms with Gasteiger partial charge in [-0.25, -0.2) is 4.98 Å². The van der Waals surface area contributed by atoms with E-state index in [-0.39, 0.29) is 17.9 Å². The molecule has 7 nitrogen and oxygen atoms in total. The Morgan fingerprint density at radius 1 is 1.26 bits per heavy atom. The quantitative estimate of drug-likeness (QED) is 0.668. The molecule has 0 saturated carbocycles. The SMILES string of the molecule is CC1CC(=O)Nc2cccc(C(=O)Nc3cccc(-n4ccnc4)c3)c2N1. The van der Waals surface area contributed by atoms with Crippen LogP contribution in [0.15, 0.2) is 61.2 Å². The van der Waals surface area contributed by atoms with Gasteiger partial charge in [-0.1, -0.05) is 12.1 Å². The molecule has 1 aliphatic heterocycles. The number of hydrogen-bond acceptors (Lipinski definition) is 4. The molecule has 2 amide bonds. The van der Waals surface area contributed by atoms with Crippen LogP contribution < -0.4 is 16.0 Å². The molecule has 1 atom stereocenters. The van der Waals surface area contributed by atoms with Gasteiger partial charge < -0.3 is 20.5 Å². The van der Waals surface area contributed by atoms with Gasteiger partial charge in [0.1, 0.15) is 0 Å².